The summed E-state index contributed by atoms with van der Waals surface area (Å²) < 4.78 is 10.6. The third-order valence-electron chi connectivity index (χ3n) is 3.71. The molecule has 8 nitrogen and oxygen atoms in total. The van der Waals surface area contributed by atoms with Crippen LogP contribution in [0.25, 0.3) is 0 Å². The van der Waals surface area contributed by atoms with Crippen LogP contribution in [0.15, 0.2) is 10.6 Å². The molecule has 2 heterocycles. The molecule has 0 saturated heterocycles. The molecule has 2 aromatic rings. The molecular formula is C15H21N5O3. The van der Waals surface area contributed by atoms with Gasteiger partial charge in [-0.05, 0) is 25.7 Å². The number of rotatable bonds is 7. The van der Waals surface area contributed by atoms with Crippen molar-refractivity contribution in [1.82, 2.24) is 25.7 Å². The van der Waals surface area contributed by atoms with Gasteiger partial charge in [-0.3, -0.25) is 9.89 Å². The van der Waals surface area contributed by atoms with Gasteiger partial charge in [0.15, 0.2) is 5.82 Å². The van der Waals surface area contributed by atoms with Gasteiger partial charge in [0, 0.05) is 12.0 Å². The van der Waals surface area contributed by atoms with Gasteiger partial charge in [0.25, 0.3) is 5.91 Å². The number of carbonyl (C=O) groups excluding carboxylic acids is 1. The molecule has 124 valence electrons. The fourth-order valence-electron chi connectivity index (χ4n) is 2.25. The Kier molecular flexibility index (Phi) is 4.31. The minimum atomic E-state index is -0.346. The molecular weight excluding hydrogens is 298 g/mol. The Bertz CT molecular complexity index is 674. The fourth-order valence-corrected chi connectivity index (χ4v) is 2.25. The Morgan fingerprint density at radius 2 is 2.30 bits per heavy atom. The van der Waals surface area contributed by atoms with E-state index in [2.05, 4.69) is 25.7 Å². The van der Waals surface area contributed by atoms with Gasteiger partial charge in [0.1, 0.15) is 11.7 Å². The fraction of sp³-hybridized carbons (Fsp3) is 0.600. The van der Waals surface area contributed by atoms with Crippen molar-refractivity contribution in [2.75, 3.05) is 6.61 Å². The Morgan fingerprint density at radius 1 is 1.52 bits per heavy atom. The van der Waals surface area contributed by atoms with Gasteiger partial charge in [-0.25, -0.2) is 0 Å². The third kappa shape index (κ3) is 3.52. The van der Waals surface area contributed by atoms with Crippen LogP contribution >= 0.6 is 0 Å². The van der Waals surface area contributed by atoms with Crippen LogP contribution in [0, 0.1) is 5.92 Å². The smallest absolute Gasteiger partial charge is 0.270 e. The highest BCUT2D eigenvalue weighted by Crippen LogP contribution is 2.38. The maximum atomic E-state index is 12.4. The second-order valence-corrected chi connectivity index (χ2v) is 6.01. The van der Waals surface area contributed by atoms with Crippen molar-refractivity contribution < 1.29 is 14.1 Å². The van der Waals surface area contributed by atoms with Crippen molar-refractivity contribution in [2.24, 2.45) is 5.92 Å². The van der Waals surface area contributed by atoms with E-state index in [1.807, 2.05) is 20.8 Å². The summed E-state index contributed by atoms with van der Waals surface area (Å²) in [4.78, 5) is 16.8. The monoisotopic (exact) mass is 319 g/mol. The molecule has 0 bridgehead atoms. The Morgan fingerprint density at radius 3 is 2.96 bits per heavy atom. The summed E-state index contributed by atoms with van der Waals surface area (Å²) in [6, 6.07) is 1.22. The van der Waals surface area contributed by atoms with E-state index in [-0.39, 0.29) is 17.9 Å². The number of aromatic nitrogens is 4. The van der Waals surface area contributed by atoms with Crippen LogP contribution in [0.5, 0.6) is 5.88 Å². The first kappa shape index (κ1) is 15.5. The minimum Gasteiger partial charge on any atom is -0.477 e. The van der Waals surface area contributed by atoms with Gasteiger partial charge >= 0.3 is 0 Å². The maximum absolute atomic E-state index is 12.4. The standard InChI is InChI=1S/C15H21N5O3/c1-4-22-11-7-10(18-19-11)14(21)16-12(8(2)3)15-17-13(20-23-15)9-5-6-9/h7-9,12H,4-6H2,1-3H3,(H,16,21)(H,18,19). The zero-order valence-corrected chi connectivity index (χ0v) is 13.5. The van der Waals surface area contributed by atoms with Gasteiger partial charge in [-0.2, -0.15) is 4.98 Å². The lowest BCUT2D eigenvalue weighted by Crippen LogP contribution is -2.32. The molecule has 0 aliphatic heterocycles. The van der Waals surface area contributed by atoms with Crippen LogP contribution in [0.3, 0.4) is 0 Å². The number of aromatic amines is 1. The Hall–Kier alpha value is -2.38. The molecule has 23 heavy (non-hydrogen) atoms. The summed E-state index contributed by atoms with van der Waals surface area (Å²) in [5.74, 6) is 1.82. The topological polar surface area (TPSA) is 106 Å². The molecule has 1 unspecified atom stereocenters. The number of nitrogens with zero attached hydrogens (tertiary/aromatic N) is 3. The molecule has 1 fully saturated rings. The van der Waals surface area contributed by atoms with Crippen LogP contribution < -0.4 is 10.1 Å². The van der Waals surface area contributed by atoms with Crippen LogP contribution in [0.2, 0.25) is 0 Å². The van der Waals surface area contributed by atoms with Crippen LogP contribution in [-0.4, -0.2) is 32.9 Å². The van der Waals surface area contributed by atoms with Gasteiger partial charge < -0.3 is 14.6 Å². The summed E-state index contributed by atoms with van der Waals surface area (Å²) in [6.07, 6.45) is 2.21. The first-order valence-corrected chi connectivity index (χ1v) is 7.91. The largest absolute Gasteiger partial charge is 0.477 e. The van der Waals surface area contributed by atoms with E-state index in [0.29, 0.717) is 30.0 Å². The van der Waals surface area contributed by atoms with Crippen LogP contribution in [0.4, 0.5) is 0 Å². The molecule has 3 rings (SSSR count). The van der Waals surface area contributed by atoms with Crippen molar-refractivity contribution in [2.45, 2.75) is 45.6 Å². The summed E-state index contributed by atoms with van der Waals surface area (Å²) in [7, 11) is 0. The van der Waals surface area contributed by atoms with Crippen molar-refractivity contribution >= 4 is 5.91 Å². The molecule has 2 N–H and O–H groups in total. The van der Waals surface area contributed by atoms with E-state index in [4.69, 9.17) is 9.26 Å². The Labute approximate surface area is 134 Å². The quantitative estimate of drug-likeness (QED) is 0.810. The van der Waals surface area contributed by atoms with Crippen LogP contribution in [0.1, 0.15) is 67.8 Å². The van der Waals surface area contributed by atoms with E-state index in [1.165, 1.54) is 0 Å². The molecule has 1 amide bonds. The summed E-state index contributed by atoms with van der Waals surface area (Å²) in [5, 5.41) is 13.5. The zero-order valence-electron chi connectivity index (χ0n) is 13.5. The first-order valence-electron chi connectivity index (χ1n) is 7.91. The van der Waals surface area contributed by atoms with Gasteiger partial charge in [-0.15, -0.1) is 5.10 Å². The zero-order chi connectivity index (χ0) is 16.4. The van der Waals surface area contributed by atoms with E-state index in [1.54, 1.807) is 6.07 Å². The first-order chi connectivity index (χ1) is 11.1. The SMILES string of the molecule is CCOc1cc(C(=O)NC(c2nc(C3CC3)no2)C(C)C)[nH]n1. The molecule has 2 aromatic heterocycles. The predicted octanol–water partition coefficient (Wildman–Crippen LogP) is 2.20. The number of ether oxygens (including phenoxy) is 1. The van der Waals surface area contributed by atoms with Gasteiger partial charge in [0.2, 0.25) is 11.8 Å². The van der Waals surface area contributed by atoms with Crippen molar-refractivity contribution in [3.8, 4) is 5.88 Å². The molecule has 0 spiro atoms. The van der Waals surface area contributed by atoms with Crippen molar-refractivity contribution in [3.63, 3.8) is 0 Å². The van der Waals surface area contributed by atoms with E-state index in [0.717, 1.165) is 18.7 Å². The van der Waals surface area contributed by atoms with Crippen molar-refractivity contribution in [3.05, 3.63) is 23.5 Å². The highest BCUT2D eigenvalue weighted by Gasteiger charge is 2.32. The second-order valence-electron chi connectivity index (χ2n) is 6.01. The van der Waals surface area contributed by atoms with E-state index in [9.17, 15) is 4.79 Å². The summed E-state index contributed by atoms with van der Waals surface area (Å²) in [5.41, 5.74) is 0.334. The normalized spacial score (nSPS) is 15.7. The molecule has 8 heteroatoms. The molecule has 1 saturated carbocycles. The maximum Gasteiger partial charge on any atom is 0.270 e. The molecule has 0 radical (unpaired) electrons. The lowest BCUT2D eigenvalue weighted by atomic mass is 10.0. The van der Waals surface area contributed by atoms with Crippen molar-refractivity contribution in [1.29, 1.82) is 0 Å². The lowest BCUT2D eigenvalue weighted by Gasteiger charge is -2.17. The number of hydrogen-bond acceptors (Lipinski definition) is 6. The van der Waals surface area contributed by atoms with Gasteiger partial charge in [0.05, 0.1) is 6.61 Å². The third-order valence-corrected chi connectivity index (χ3v) is 3.71. The average molecular weight is 319 g/mol. The van der Waals surface area contributed by atoms with E-state index >= 15 is 0 Å². The highest BCUT2D eigenvalue weighted by atomic mass is 16.5. The summed E-state index contributed by atoms with van der Waals surface area (Å²) >= 11 is 0. The van der Waals surface area contributed by atoms with Gasteiger partial charge in [-0.1, -0.05) is 19.0 Å². The van der Waals surface area contributed by atoms with E-state index < -0.39 is 0 Å². The Balaban J connectivity index is 1.71. The average Bonchev–Trinajstić information content (AvgIpc) is 3.07. The molecule has 1 atom stereocenters. The molecule has 0 aromatic carbocycles. The molecule has 1 aliphatic rings. The minimum absolute atomic E-state index is 0.112. The lowest BCUT2D eigenvalue weighted by molar-refractivity contribution is 0.0908. The number of carbonyl (C=O) groups is 1. The highest BCUT2D eigenvalue weighted by molar-refractivity contribution is 5.92. The van der Waals surface area contributed by atoms with Crippen LogP contribution in [-0.2, 0) is 0 Å². The summed E-state index contributed by atoms with van der Waals surface area (Å²) in [6.45, 7) is 6.33. The number of hydrogen-bond donors (Lipinski definition) is 2. The second kappa shape index (κ2) is 6.39. The number of nitrogens with one attached hydrogen (secondary N) is 2. The number of H-pyrrole nitrogens is 1. The molecule has 1 aliphatic carbocycles. The predicted molar refractivity (Wildman–Crippen MR) is 81.1 cm³/mol. The number of amides is 1.